The minimum atomic E-state index is -0.485. The van der Waals surface area contributed by atoms with Crippen LogP contribution >= 0.6 is 11.6 Å². The maximum Gasteiger partial charge on any atom is 0.288 e. The smallest absolute Gasteiger partial charge is 0.288 e. The summed E-state index contributed by atoms with van der Waals surface area (Å²) in [5.41, 5.74) is 0.799. The normalized spacial score (nSPS) is 10.0. The lowest BCUT2D eigenvalue weighted by Crippen LogP contribution is -2.05. The molecule has 0 spiro atoms. The average Bonchev–Trinajstić information content (AvgIpc) is 2.08. The maximum atomic E-state index is 10.5. The van der Waals surface area contributed by atoms with Crippen molar-refractivity contribution in [3.8, 4) is 0 Å². The van der Waals surface area contributed by atoms with Gasteiger partial charge in [0, 0.05) is 12.6 Å². The third-order valence-corrected chi connectivity index (χ3v) is 1.91. The predicted molar refractivity (Wildman–Crippen MR) is 50.9 cm³/mol. The summed E-state index contributed by atoms with van der Waals surface area (Å²) < 4.78 is 0. The summed E-state index contributed by atoms with van der Waals surface area (Å²) in [6.07, 6.45) is 0. The Bertz CT molecular complexity index is 328. The first kappa shape index (κ1) is 9.95. The molecule has 0 atom stereocenters. The second-order valence-corrected chi connectivity index (χ2v) is 2.98. The molecule has 0 aliphatic heterocycles. The molecule has 70 valence electrons. The van der Waals surface area contributed by atoms with Crippen LogP contribution in [0, 0.1) is 10.1 Å². The highest BCUT2D eigenvalue weighted by Gasteiger charge is 2.11. The van der Waals surface area contributed by atoms with Crippen LogP contribution in [0.2, 0.25) is 5.02 Å². The van der Waals surface area contributed by atoms with Gasteiger partial charge in [0.05, 0.1) is 4.92 Å². The second kappa shape index (κ2) is 4.20. The highest BCUT2D eigenvalue weighted by atomic mass is 35.5. The van der Waals surface area contributed by atoms with E-state index in [0.29, 0.717) is 6.54 Å². The van der Waals surface area contributed by atoms with Gasteiger partial charge in [-0.3, -0.25) is 10.1 Å². The van der Waals surface area contributed by atoms with Gasteiger partial charge < -0.3 is 5.32 Å². The van der Waals surface area contributed by atoms with Crippen molar-refractivity contribution in [1.29, 1.82) is 0 Å². The van der Waals surface area contributed by atoms with Crippen LogP contribution < -0.4 is 5.32 Å². The number of halogens is 1. The lowest BCUT2D eigenvalue weighted by molar-refractivity contribution is -0.384. The third kappa shape index (κ3) is 2.40. The lowest BCUT2D eigenvalue weighted by Gasteiger charge is -2.00. The first-order valence-corrected chi connectivity index (χ1v) is 4.10. The molecule has 1 aromatic carbocycles. The summed E-state index contributed by atoms with van der Waals surface area (Å²) in [5, 5.41) is 13.6. The molecule has 0 unspecified atom stereocenters. The lowest BCUT2D eigenvalue weighted by atomic mass is 10.2. The minimum Gasteiger partial charge on any atom is -0.316 e. The Kier molecular flexibility index (Phi) is 3.22. The first-order chi connectivity index (χ1) is 6.15. The third-order valence-electron chi connectivity index (χ3n) is 1.59. The van der Waals surface area contributed by atoms with E-state index in [1.807, 2.05) is 0 Å². The van der Waals surface area contributed by atoms with Gasteiger partial charge in [0.25, 0.3) is 5.69 Å². The largest absolute Gasteiger partial charge is 0.316 e. The number of hydrogen-bond donors (Lipinski definition) is 1. The topological polar surface area (TPSA) is 55.2 Å². The zero-order chi connectivity index (χ0) is 9.84. The molecule has 0 saturated carbocycles. The molecule has 0 amide bonds. The summed E-state index contributed by atoms with van der Waals surface area (Å²) in [7, 11) is 1.78. The Balaban J connectivity index is 3.04. The highest BCUT2D eigenvalue weighted by Crippen LogP contribution is 2.24. The minimum absolute atomic E-state index is 0.0468. The number of benzene rings is 1. The van der Waals surface area contributed by atoms with Crippen LogP contribution in [0.3, 0.4) is 0 Å². The van der Waals surface area contributed by atoms with Gasteiger partial charge in [0.15, 0.2) is 0 Å². The fourth-order valence-electron chi connectivity index (χ4n) is 1.01. The fraction of sp³-hybridized carbons (Fsp3) is 0.250. The molecule has 1 N–H and O–H groups in total. The van der Waals surface area contributed by atoms with E-state index in [4.69, 9.17) is 11.6 Å². The monoisotopic (exact) mass is 200 g/mol. The van der Waals surface area contributed by atoms with Crippen LogP contribution in [0.4, 0.5) is 5.69 Å². The van der Waals surface area contributed by atoms with E-state index in [2.05, 4.69) is 5.32 Å². The van der Waals surface area contributed by atoms with E-state index in [1.165, 1.54) is 12.1 Å². The van der Waals surface area contributed by atoms with Crippen LogP contribution in [0.15, 0.2) is 18.2 Å². The van der Waals surface area contributed by atoms with Crippen LogP contribution in [0.25, 0.3) is 0 Å². The molecular weight excluding hydrogens is 192 g/mol. The Labute approximate surface area is 80.7 Å². The fourth-order valence-corrected chi connectivity index (χ4v) is 1.20. The summed E-state index contributed by atoms with van der Waals surface area (Å²) in [5.74, 6) is 0. The van der Waals surface area contributed by atoms with Gasteiger partial charge in [-0.15, -0.1) is 0 Å². The molecular formula is C8H9ClN2O2. The molecule has 0 radical (unpaired) electrons. The summed E-state index contributed by atoms with van der Waals surface area (Å²) in [4.78, 5) is 9.99. The van der Waals surface area contributed by atoms with Gasteiger partial charge in [-0.25, -0.2) is 0 Å². The van der Waals surface area contributed by atoms with E-state index in [0.717, 1.165) is 5.56 Å². The predicted octanol–water partition coefficient (Wildman–Crippen LogP) is 1.97. The zero-order valence-electron chi connectivity index (χ0n) is 7.08. The molecule has 0 aromatic heterocycles. The van der Waals surface area contributed by atoms with Gasteiger partial charge in [0.2, 0.25) is 0 Å². The van der Waals surface area contributed by atoms with Gasteiger partial charge >= 0.3 is 0 Å². The van der Waals surface area contributed by atoms with Crippen molar-refractivity contribution in [3.05, 3.63) is 38.9 Å². The molecule has 13 heavy (non-hydrogen) atoms. The van der Waals surface area contributed by atoms with Crippen LogP contribution in [0.1, 0.15) is 5.56 Å². The van der Waals surface area contributed by atoms with Crippen molar-refractivity contribution >= 4 is 17.3 Å². The highest BCUT2D eigenvalue weighted by molar-refractivity contribution is 6.32. The Morgan fingerprint density at radius 3 is 2.85 bits per heavy atom. The van der Waals surface area contributed by atoms with E-state index in [1.54, 1.807) is 13.1 Å². The van der Waals surface area contributed by atoms with E-state index >= 15 is 0 Å². The van der Waals surface area contributed by atoms with Gasteiger partial charge in [-0.2, -0.15) is 0 Å². The molecule has 0 saturated heterocycles. The molecule has 0 bridgehead atoms. The molecule has 1 aromatic rings. The average molecular weight is 201 g/mol. The Morgan fingerprint density at radius 1 is 1.62 bits per heavy atom. The number of nitrogens with one attached hydrogen (secondary N) is 1. The first-order valence-electron chi connectivity index (χ1n) is 3.72. The molecule has 5 heteroatoms. The number of nitro groups is 1. The maximum absolute atomic E-state index is 10.5. The summed E-state index contributed by atoms with van der Waals surface area (Å²) in [6.45, 7) is 0.595. The van der Waals surface area contributed by atoms with Crippen molar-refractivity contribution in [1.82, 2.24) is 5.32 Å². The van der Waals surface area contributed by atoms with E-state index in [-0.39, 0.29) is 10.7 Å². The van der Waals surface area contributed by atoms with Crippen molar-refractivity contribution in [2.75, 3.05) is 7.05 Å². The number of hydrogen-bond acceptors (Lipinski definition) is 3. The second-order valence-electron chi connectivity index (χ2n) is 2.57. The van der Waals surface area contributed by atoms with Crippen LogP contribution in [0.5, 0.6) is 0 Å². The van der Waals surface area contributed by atoms with Gasteiger partial charge in [0.1, 0.15) is 5.02 Å². The summed E-state index contributed by atoms with van der Waals surface area (Å²) >= 11 is 5.63. The van der Waals surface area contributed by atoms with Crippen molar-refractivity contribution in [3.63, 3.8) is 0 Å². The van der Waals surface area contributed by atoms with E-state index in [9.17, 15) is 10.1 Å². The van der Waals surface area contributed by atoms with E-state index < -0.39 is 4.92 Å². The molecule has 1 rings (SSSR count). The zero-order valence-corrected chi connectivity index (χ0v) is 7.84. The Hall–Kier alpha value is -1.13. The number of nitro benzene ring substituents is 1. The Morgan fingerprint density at radius 2 is 2.31 bits per heavy atom. The quantitative estimate of drug-likeness (QED) is 0.600. The van der Waals surface area contributed by atoms with Crippen LogP contribution in [-0.4, -0.2) is 12.0 Å². The molecule has 0 heterocycles. The van der Waals surface area contributed by atoms with Crippen molar-refractivity contribution in [2.24, 2.45) is 0 Å². The SMILES string of the molecule is CNCc1ccc(Cl)c([N+](=O)[O-])c1. The number of rotatable bonds is 3. The van der Waals surface area contributed by atoms with Gasteiger partial charge in [-0.05, 0) is 18.7 Å². The summed E-state index contributed by atoms with van der Waals surface area (Å²) in [6, 6.07) is 4.76. The molecule has 0 aliphatic rings. The standard InChI is InChI=1S/C8H9ClN2O2/c1-10-5-6-2-3-7(9)8(4-6)11(12)13/h2-4,10H,5H2,1H3. The van der Waals surface area contributed by atoms with Gasteiger partial charge in [-0.1, -0.05) is 17.7 Å². The molecule has 0 aliphatic carbocycles. The molecule has 4 nitrogen and oxygen atoms in total. The van der Waals surface area contributed by atoms with Crippen molar-refractivity contribution < 1.29 is 4.92 Å². The van der Waals surface area contributed by atoms with Crippen molar-refractivity contribution in [2.45, 2.75) is 6.54 Å². The number of nitrogens with zero attached hydrogens (tertiary/aromatic N) is 1. The van der Waals surface area contributed by atoms with Crippen LogP contribution in [-0.2, 0) is 6.54 Å². The molecule has 0 fully saturated rings.